The first kappa shape index (κ1) is 13.7. The Kier molecular flexibility index (Phi) is 6.12. The van der Waals surface area contributed by atoms with Gasteiger partial charge in [-0.2, -0.15) is 0 Å². The molecule has 0 saturated heterocycles. The lowest BCUT2D eigenvalue weighted by atomic mass is 9.98. The van der Waals surface area contributed by atoms with Gasteiger partial charge in [0.15, 0.2) is 0 Å². The number of benzene rings is 1. The highest BCUT2D eigenvalue weighted by molar-refractivity contribution is 5.85. The molecule has 0 atom stereocenters. The number of halogens is 2. The summed E-state index contributed by atoms with van der Waals surface area (Å²) < 4.78 is 0. The molecule has 1 aromatic carbocycles. The predicted molar refractivity (Wildman–Crippen MR) is 64.2 cm³/mol. The van der Waals surface area contributed by atoms with E-state index in [0.717, 1.165) is 19.5 Å². The molecule has 80 valence electrons. The summed E-state index contributed by atoms with van der Waals surface area (Å²) in [6.07, 6.45) is 1.14. The first-order valence-electron chi connectivity index (χ1n) is 4.41. The van der Waals surface area contributed by atoms with Gasteiger partial charge in [0.05, 0.1) is 0 Å². The van der Waals surface area contributed by atoms with Crippen LogP contribution in [0.25, 0.3) is 0 Å². The Hall–Kier alpha value is -0.280. The Morgan fingerprint density at radius 1 is 1.21 bits per heavy atom. The minimum absolute atomic E-state index is 0. The number of rotatable bonds is 1. The molecule has 0 radical (unpaired) electrons. The molecule has 0 bridgehead atoms. The Labute approximate surface area is 97.1 Å². The van der Waals surface area contributed by atoms with Crippen LogP contribution in [0.2, 0.25) is 0 Å². The third-order valence-corrected chi connectivity index (χ3v) is 2.39. The molecule has 1 aliphatic rings. The molecule has 14 heavy (non-hydrogen) atoms. The van der Waals surface area contributed by atoms with Crippen molar-refractivity contribution in [3.05, 3.63) is 34.9 Å². The van der Waals surface area contributed by atoms with Crippen LogP contribution in [0.5, 0.6) is 0 Å². The number of nitrogens with two attached hydrogens (primary N) is 1. The molecule has 0 amide bonds. The monoisotopic (exact) mass is 234 g/mol. The van der Waals surface area contributed by atoms with Crippen LogP contribution >= 0.6 is 24.8 Å². The molecule has 1 heterocycles. The summed E-state index contributed by atoms with van der Waals surface area (Å²) in [5.41, 5.74) is 9.71. The van der Waals surface area contributed by atoms with Crippen molar-refractivity contribution in [2.24, 2.45) is 5.73 Å². The van der Waals surface area contributed by atoms with Crippen molar-refractivity contribution < 1.29 is 0 Å². The summed E-state index contributed by atoms with van der Waals surface area (Å²) >= 11 is 0. The number of hydrogen-bond acceptors (Lipinski definition) is 2. The van der Waals surface area contributed by atoms with Crippen molar-refractivity contribution in [2.75, 3.05) is 6.54 Å². The standard InChI is InChI=1S/C10H14N2.2ClH/c11-6-8-1-2-10-7-12-4-3-9(10)5-8;;/h1-2,5,12H,3-4,6-7,11H2;2*1H. The highest BCUT2D eigenvalue weighted by Gasteiger charge is 2.07. The van der Waals surface area contributed by atoms with Crippen molar-refractivity contribution in [3.8, 4) is 0 Å². The van der Waals surface area contributed by atoms with Gasteiger partial charge in [-0.3, -0.25) is 0 Å². The van der Waals surface area contributed by atoms with E-state index in [0.29, 0.717) is 6.54 Å². The largest absolute Gasteiger partial charge is 0.326 e. The zero-order valence-corrected chi connectivity index (χ0v) is 9.59. The fraction of sp³-hybridized carbons (Fsp3) is 0.400. The van der Waals surface area contributed by atoms with Gasteiger partial charge in [-0.1, -0.05) is 18.2 Å². The van der Waals surface area contributed by atoms with Gasteiger partial charge in [-0.05, 0) is 29.7 Å². The summed E-state index contributed by atoms with van der Waals surface area (Å²) in [5, 5.41) is 3.35. The first-order valence-corrected chi connectivity index (χ1v) is 4.41. The van der Waals surface area contributed by atoms with Crippen molar-refractivity contribution in [1.82, 2.24) is 5.32 Å². The van der Waals surface area contributed by atoms with Gasteiger partial charge in [0, 0.05) is 13.1 Å². The Morgan fingerprint density at radius 3 is 2.71 bits per heavy atom. The summed E-state index contributed by atoms with van der Waals surface area (Å²) in [4.78, 5) is 0. The minimum atomic E-state index is 0. The summed E-state index contributed by atoms with van der Waals surface area (Å²) in [5.74, 6) is 0. The van der Waals surface area contributed by atoms with Gasteiger partial charge >= 0.3 is 0 Å². The molecule has 4 heteroatoms. The molecule has 0 spiro atoms. The molecule has 0 saturated carbocycles. The maximum Gasteiger partial charge on any atom is 0.0208 e. The van der Waals surface area contributed by atoms with E-state index in [9.17, 15) is 0 Å². The first-order chi connectivity index (χ1) is 5.90. The Bertz CT molecular complexity index is 289. The van der Waals surface area contributed by atoms with E-state index in [-0.39, 0.29) is 24.8 Å². The van der Waals surface area contributed by atoms with Crippen LogP contribution in [0, 0.1) is 0 Å². The van der Waals surface area contributed by atoms with Crippen molar-refractivity contribution in [1.29, 1.82) is 0 Å². The second-order valence-electron chi connectivity index (χ2n) is 3.23. The maximum absolute atomic E-state index is 5.57. The van der Waals surface area contributed by atoms with Gasteiger partial charge in [0.1, 0.15) is 0 Å². The molecular weight excluding hydrogens is 219 g/mol. The van der Waals surface area contributed by atoms with E-state index in [4.69, 9.17) is 5.73 Å². The van der Waals surface area contributed by atoms with E-state index in [1.54, 1.807) is 0 Å². The second-order valence-corrected chi connectivity index (χ2v) is 3.23. The normalized spacial score (nSPS) is 13.5. The SMILES string of the molecule is Cl.Cl.NCc1ccc2c(c1)CCNC2. The fourth-order valence-electron chi connectivity index (χ4n) is 1.66. The van der Waals surface area contributed by atoms with E-state index in [2.05, 4.69) is 23.5 Å². The minimum Gasteiger partial charge on any atom is -0.326 e. The highest BCUT2D eigenvalue weighted by atomic mass is 35.5. The zero-order chi connectivity index (χ0) is 8.39. The van der Waals surface area contributed by atoms with E-state index in [1.807, 2.05) is 0 Å². The third-order valence-electron chi connectivity index (χ3n) is 2.39. The summed E-state index contributed by atoms with van der Waals surface area (Å²) in [7, 11) is 0. The van der Waals surface area contributed by atoms with Crippen LogP contribution in [-0.2, 0) is 19.5 Å². The van der Waals surface area contributed by atoms with Gasteiger partial charge < -0.3 is 11.1 Å². The Morgan fingerprint density at radius 2 is 2.00 bits per heavy atom. The number of hydrogen-bond donors (Lipinski definition) is 2. The van der Waals surface area contributed by atoms with Gasteiger partial charge in [0.2, 0.25) is 0 Å². The van der Waals surface area contributed by atoms with Gasteiger partial charge in [-0.25, -0.2) is 0 Å². The van der Waals surface area contributed by atoms with Crippen LogP contribution in [0.1, 0.15) is 16.7 Å². The molecule has 2 nitrogen and oxygen atoms in total. The molecule has 1 aliphatic heterocycles. The van der Waals surface area contributed by atoms with E-state index >= 15 is 0 Å². The number of fused-ring (bicyclic) bond motifs is 1. The molecule has 0 aromatic heterocycles. The molecule has 0 fully saturated rings. The van der Waals surface area contributed by atoms with Crippen LogP contribution in [0.3, 0.4) is 0 Å². The summed E-state index contributed by atoms with van der Waals surface area (Å²) in [6, 6.07) is 6.53. The smallest absolute Gasteiger partial charge is 0.0208 e. The molecule has 2 rings (SSSR count). The molecule has 0 aliphatic carbocycles. The van der Waals surface area contributed by atoms with Crippen molar-refractivity contribution >= 4 is 24.8 Å². The lowest BCUT2D eigenvalue weighted by Gasteiger charge is -2.17. The van der Waals surface area contributed by atoms with Crippen LogP contribution in [0.4, 0.5) is 0 Å². The molecule has 0 unspecified atom stereocenters. The lowest BCUT2D eigenvalue weighted by molar-refractivity contribution is 0.643. The van der Waals surface area contributed by atoms with Gasteiger partial charge in [-0.15, -0.1) is 24.8 Å². The van der Waals surface area contributed by atoms with Crippen LogP contribution in [0.15, 0.2) is 18.2 Å². The quantitative estimate of drug-likeness (QED) is 0.776. The lowest BCUT2D eigenvalue weighted by Crippen LogP contribution is -2.23. The highest BCUT2D eigenvalue weighted by Crippen LogP contribution is 2.15. The van der Waals surface area contributed by atoms with Crippen molar-refractivity contribution in [2.45, 2.75) is 19.5 Å². The van der Waals surface area contributed by atoms with Crippen LogP contribution in [-0.4, -0.2) is 6.54 Å². The van der Waals surface area contributed by atoms with Gasteiger partial charge in [0.25, 0.3) is 0 Å². The zero-order valence-electron chi connectivity index (χ0n) is 7.95. The topological polar surface area (TPSA) is 38.0 Å². The second kappa shape index (κ2) is 6.25. The van der Waals surface area contributed by atoms with Crippen LogP contribution < -0.4 is 11.1 Å². The average molecular weight is 235 g/mol. The van der Waals surface area contributed by atoms with Crippen molar-refractivity contribution in [3.63, 3.8) is 0 Å². The average Bonchev–Trinajstić information content (AvgIpc) is 2.17. The number of nitrogens with one attached hydrogen (secondary N) is 1. The molecule has 1 aromatic rings. The maximum atomic E-state index is 5.57. The summed E-state index contributed by atoms with van der Waals surface area (Å²) in [6.45, 7) is 2.77. The molecule has 3 N–H and O–H groups in total. The van der Waals surface area contributed by atoms with E-state index in [1.165, 1.54) is 16.7 Å². The third kappa shape index (κ3) is 2.85. The fourth-order valence-corrected chi connectivity index (χ4v) is 1.66. The Balaban J connectivity index is 0.000000845. The molecular formula is C10H16Cl2N2. The predicted octanol–water partition coefficient (Wildman–Crippen LogP) is 1.63. The van der Waals surface area contributed by atoms with E-state index < -0.39 is 0 Å².